The number of benzene rings is 2. The van der Waals surface area contributed by atoms with Gasteiger partial charge >= 0.3 is 0 Å². The summed E-state index contributed by atoms with van der Waals surface area (Å²) < 4.78 is 18.7. The number of furan rings is 1. The van der Waals surface area contributed by atoms with Crippen molar-refractivity contribution in [1.29, 1.82) is 0 Å². The van der Waals surface area contributed by atoms with Crippen LogP contribution in [0.25, 0.3) is 11.3 Å². The first-order valence-electron chi connectivity index (χ1n) is 7.72. The summed E-state index contributed by atoms with van der Waals surface area (Å²) in [5, 5.41) is 3.39. The number of rotatable bonds is 6. The van der Waals surface area contributed by atoms with Crippen LogP contribution in [0.2, 0.25) is 10.0 Å². The van der Waals surface area contributed by atoms with Gasteiger partial charge in [-0.1, -0.05) is 35.3 Å². The average Bonchev–Trinajstić information content (AvgIpc) is 3.04. The number of nitrogens with two attached hydrogens (primary N) is 1. The van der Waals surface area contributed by atoms with Crippen molar-refractivity contribution in [2.75, 3.05) is 6.54 Å². The second kappa shape index (κ2) is 7.84. The average molecular weight is 365 g/mol. The van der Waals surface area contributed by atoms with Crippen molar-refractivity contribution >= 4 is 23.2 Å². The zero-order valence-electron chi connectivity index (χ0n) is 12.9. The van der Waals surface area contributed by atoms with Gasteiger partial charge in [0, 0.05) is 17.0 Å². The van der Waals surface area contributed by atoms with E-state index in [2.05, 4.69) is 5.32 Å². The Kier molecular flexibility index (Phi) is 5.56. The van der Waals surface area contributed by atoms with Crippen molar-refractivity contribution in [3.05, 3.63) is 81.8 Å². The molecule has 0 bridgehead atoms. The molecule has 0 aliphatic heterocycles. The highest BCUT2D eigenvalue weighted by molar-refractivity contribution is 6.35. The summed E-state index contributed by atoms with van der Waals surface area (Å²) in [5.41, 5.74) is 1.92. The Balaban J connectivity index is 1.54. The molecule has 0 spiro atoms. The van der Waals surface area contributed by atoms with Gasteiger partial charge in [-0.3, -0.25) is 0 Å². The number of quaternary nitrogens is 1. The SMILES string of the molecule is Fc1ccc(CC[NH2+]Cc2ccc(-c3cc(Cl)ccc3Cl)o2)cc1. The molecule has 3 aromatic rings. The molecular weight excluding hydrogens is 348 g/mol. The zero-order chi connectivity index (χ0) is 16.9. The summed E-state index contributed by atoms with van der Waals surface area (Å²) in [6.07, 6.45) is 0.883. The molecule has 0 amide bonds. The van der Waals surface area contributed by atoms with Crippen molar-refractivity contribution in [2.45, 2.75) is 13.0 Å². The molecule has 2 aromatic carbocycles. The van der Waals surface area contributed by atoms with E-state index in [1.165, 1.54) is 12.1 Å². The van der Waals surface area contributed by atoms with E-state index < -0.39 is 0 Å². The third-order valence-corrected chi connectivity index (χ3v) is 4.32. The molecule has 2 nitrogen and oxygen atoms in total. The summed E-state index contributed by atoms with van der Waals surface area (Å²) in [6.45, 7) is 1.64. The van der Waals surface area contributed by atoms with Crippen LogP contribution in [-0.4, -0.2) is 6.54 Å². The third kappa shape index (κ3) is 4.38. The Bertz CT molecular complexity index is 814. The summed E-state index contributed by atoms with van der Waals surface area (Å²) in [6, 6.07) is 15.8. The van der Waals surface area contributed by atoms with Crippen LogP contribution in [0.3, 0.4) is 0 Å². The fourth-order valence-electron chi connectivity index (χ4n) is 2.48. The Morgan fingerprint density at radius 1 is 0.958 bits per heavy atom. The number of hydrogen-bond donors (Lipinski definition) is 1. The minimum atomic E-state index is -0.203. The first-order chi connectivity index (χ1) is 11.6. The highest BCUT2D eigenvalue weighted by Crippen LogP contribution is 2.31. The van der Waals surface area contributed by atoms with Crippen molar-refractivity contribution < 1.29 is 14.1 Å². The molecule has 0 atom stereocenters. The van der Waals surface area contributed by atoms with E-state index in [1.54, 1.807) is 18.2 Å². The van der Waals surface area contributed by atoms with Gasteiger partial charge in [0.15, 0.2) is 5.76 Å². The maximum Gasteiger partial charge on any atom is 0.158 e. The van der Waals surface area contributed by atoms with Crippen LogP contribution >= 0.6 is 23.2 Å². The Hall–Kier alpha value is -1.81. The molecule has 0 unspecified atom stereocenters. The van der Waals surface area contributed by atoms with Crippen molar-refractivity contribution in [1.82, 2.24) is 0 Å². The summed E-state index contributed by atoms with van der Waals surface area (Å²) in [7, 11) is 0. The molecule has 1 aromatic heterocycles. The monoisotopic (exact) mass is 364 g/mol. The fourth-order valence-corrected chi connectivity index (χ4v) is 2.87. The minimum absolute atomic E-state index is 0.203. The van der Waals surface area contributed by atoms with Gasteiger partial charge < -0.3 is 9.73 Å². The lowest BCUT2D eigenvalue weighted by Gasteiger charge is -2.02. The quantitative estimate of drug-likeness (QED) is 0.631. The molecule has 24 heavy (non-hydrogen) atoms. The Labute approximate surface area is 150 Å². The van der Waals surface area contributed by atoms with Crippen molar-refractivity contribution in [3.63, 3.8) is 0 Å². The second-order valence-corrected chi connectivity index (χ2v) is 6.39. The van der Waals surface area contributed by atoms with Crippen LogP contribution in [0.15, 0.2) is 59.0 Å². The van der Waals surface area contributed by atoms with Gasteiger partial charge in [0.1, 0.15) is 18.1 Å². The molecular formula is C19H17Cl2FNO+. The van der Waals surface area contributed by atoms with Crippen LogP contribution in [0.4, 0.5) is 4.39 Å². The highest BCUT2D eigenvalue weighted by atomic mass is 35.5. The first-order valence-corrected chi connectivity index (χ1v) is 8.47. The Morgan fingerprint density at radius 3 is 2.54 bits per heavy atom. The van der Waals surface area contributed by atoms with E-state index >= 15 is 0 Å². The van der Waals surface area contributed by atoms with Gasteiger partial charge in [0.25, 0.3) is 0 Å². The molecule has 124 valence electrons. The molecule has 0 fully saturated rings. The van der Waals surface area contributed by atoms with Crippen LogP contribution < -0.4 is 5.32 Å². The lowest BCUT2D eigenvalue weighted by Crippen LogP contribution is -2.83. The van der Waals surface area contributed by atoms with E-state index in [4.69, 9.17) is 27.6 Å². The molecule has 2 N–H and O–H groups in total. The van der Waals surface area contributed by atoms with Gasteiger partial charge in [-0.2, -0.15) is 0 Å². The van der Waals surface area contributed by atoms with E-state index in [9.17, 15) is 4.39 Å². The molecule has 0 aliphatic carbocycles. The molecule has 0 radical (unpaired) electrons. The lowest BCUT2D eigenvalue weighted by molar-refractivity contribution is -0.671. The van der Waals surface area contributed by atoms with Gasteiger partial charge in [-0.25, -0.2) is 4.39 Å². The molecule has 0 aliphatic rings. The predicted molar refractivity (Wildman–Crippen MR) is 94.8 cm³/mol. The van der Waals surface area contributed by atoms with E-state index in [1.807, 2.05) is 24.3 Å². The van der Waals surface area contributed by atoms with Crippen molar-refractivity contribution in [2.24, 2.45) is 0 Å². The second-order valence-electron chi connectivity index (χ2n) is 5.55. The standard InChI is InChI=1S/C19H16Cl2FNO/c20-14-3-7-18(21)17(11-14)19-8-6-16(24-19)12-23-10-9-13-1-4-15(22)5-2-13/h1-8,11,23H,9-10,12H2/p+1. The largest absolute Gasteiger partial charge is 0.455 e. The highest BCUT2D eigenvalue weighted by Gasteiger charge is 2.10. The molecule has 5 heteroatoms. The van der Waals surface area contributed by atoms with Gasteiger partial charge in [0.05, 0.1) is 11.6 Å². The molecule has 0 saturated carbocycles. The van der Waals surface area contributed by atoms with Gasteiger partial charge in [-0.05, 0) is 48.0 Å². The lowest BCUT2D eigenvalue weighted by atomic mass is 10.1. The first kappa shape index (κ1) is 17.0. The minimum Gasteiger partial charge on any atom is -0.455 e. The number of hydrogen-bond acceptors (Lipinski definition) is 1. The van der Waals surface area contributed by atoms with Gasteiger partial charge in [0.2, 0.25) is 0 Å². The topological polar surface area (TPSA) is 29.8 Å². The molecule has 1 heterocycles. The normalized spacial score (nSPS) is 11.0. The van der Waals surface area contributed by atoms with Crippen LogP contribution in [0, 0.1) is 5.82 Å². The molecule has 3 rings (SSSR count). The van der Waals surface area contributed by atoms with Crippen LogP contribution in [0.5, 0.6) is 0 Å². The number of halogens is 3. The predicted octanol–water partition coefficient (Wildman–Crippen LogP) is 4.70. The maximum atomic E-state index is 12.9. The van der Waals surface area contributed by atoms with Crippen molar-refractivity contribution in [3.8, 4) is 11.3 Å². The smallest absolute Gasteiger partial charge is 0.158 e. The Morgan fingerprint density at radius 2 is 1.75 bits per heavy atom. The maximum absolute atomic E-state index is 12.9. The van der Waals surface area contributed by atoms with Crippen LogP contribution in [-0.2, 0) is 13.0 Å². The van der Waals surface area contributed by atoms with E-state index in [0.717, 1.165) is 36.4 Å². The van der Waals surface area contributed by atoms with Crippen LogP contribution in [0.1, 0.15) is 11.3 Å². The van der Waals surface area contributed by atoms with E-state index in [-0.39, 0.29) is 5.82 Å². The zero-order valence-corrected chi connectivity index (χ0v) is 14.4. The summed E-state index contributed by atoms with van der Waals surface area (Å²) in [5.74, 6) is 1.38. The molecule has 0 saturated heterocycles. The summed E-state index contributed by atoms with van der Waals surface area (Å²) in [4.78, 5) is 0. The third-order valence-electron chi connectivity index (χ3n) is 3.75. The fraction of sp³-hybridized carbons (Fsp3) is 0.158. The summed E-state index contributed by atoms with van der Waals surface area (Å²) >= 11 is 12.2. The van der Waals surface area contributed by atoms with E-state index in [0.29, 0.717) is 15.8 Å². The van der Waals surface area contributed by atoms with Gasteiger partial charge in [-0.15, -0.1) is 0 Å².